The summed E-state index contributed by atoms with van der Waals surface area (Å²) in [5.74, 6) is 0.843. The molecule has 0 spiro atoms. The molecule has 1 heteroatoms. The van der Waals surface area contributed by atoms with Gasteiger partial charge in [0, 0.05) is 6.04 Å². The lowest BCUT2D eigenvalue weighted by atomic mass is 9.84. The number of unbranched alkanes of at least 4 members (excludes halogenated alkanes) is 2. The summed E-state index contributed by atoms with van der Waals surface area (Å²) in [5.41, 5.74) is 3.10. The van der Waals surface area contributed by atoms with Crippen LogP contribution in [0, 0.1) is 0 Å². The Labute approximate surface area is 131 Å². The molecule has 1 aromatic rings. The van der Waals surface area contributed by atoms with E-state index >= 15 is 0 Å². The molecule has 1 aliphatic rings. The van der Waals surface area contributed by atoms with Crippen LogP contribution in [0.2, 0.25) is 0 Å². The summed E-state index contributed by atoms with van der Waals surface area (Å²) >= 11 is 0. The molecule has 0 aromatic heterocycles. The molecule has 0 heterocycles. The van der Waals surface area contributed by atoms with Crippen LogP contribution >= 0.6 is 0 Å². The molecule has 118 valence electrons. The first-order valence-electron chi connectivity index (χ1n) is 9.08. The van der Waals surface area contributed by atoms with E-state index in [0.717, 1.165) is 12.5 Å². The minimum absolute atomic E-state index is 0.623. The topological polar surface area (TPSA) is 12.0 Å². The summed E-state index contributed by atoms with van der Waals surface area (Å²) in [6.45, 7) is 5.60. The molecular weight excluding hydrogens is 254 g/mol. The number of hydrogen-bond acceptors (Lipinski definition) is 1. The molecule has 1 fully saturated rings. The molecule has 0 radical (unpaired) electrons. The van der Waals surface area contributed by atoms with E-state index in [4.69, 9.17) is 0 Å². The molecule has 0 amide bonds. The lowest BCUT2D eigenvalue weighted by molar-refractivity contribution is 0.443. The lowest BCUT2D eigenvalue weighted by Gasteiger charge is -2.22. The van der Waals surface area contributed by atoms with E-state index in [0.29, 0.717) is 6.04 Å². The second-order valence-electron chi connectivity index (χ2n) is 7.00. The van der Waals surface area contributed by atoms with Crippen molar-refractivity contribution < 1.29 is 0 Å². The van der Waals surface area contributed by atoms with E-state index in [1.54, 1.807) is 5.56 Å². The number of nitrogens with one attached hydrogen (secondary N) is 1. The zero-order valence-electron chi connectivity index (χ0n) is 14.0. The standard InChI is InChI=1S/C20H33N/c1-17(2)21-16-8-4-5-9-18-12-14-20(15-13-18)19-10-6-3-7-11-19/h12-15,17,19,21H,3-11,16H2,1-2H3. The molecule has 0 saturated heterocycles. The van der Waals surface area contributed by atoms with Crippen LogP contribution in [0.25, 0.3) is 0 Å². The lowest BCUT2D eigenvalue weighted by Crippen LogP contribution is -2.23. The molecule has 21 heavy (non-hydrogen) atoms. The van der Waals surface area contributed by atoms with Gasteiger partial charge in [0.15, 0.2) is 0 Å². The maximum atomic E-state index is 3.49. The molecule has 0 atom stereocenters. The largest absolute Gasteiger partial charge is 0.315 e. The average molecular weight is 287 g/mol. The number of hydrogen-bond donors (Lipinski definition) is 1. The Morgan fingerprint density at radius 2 is 1.67 bits per heavy atom. The highest BCUT2D eigenvalue weighted by Gasteiger charge is 2.14. The first-order chi connectivity index (χ1) is 10.3. The third kappa shape index (κ3) is 6.22. The molecule has 0 unspecified atom stereocenters. The van der Waals surface area contributed by atoms with Crippen molar-refractivity contribution in [3.05, 3.63) is 35.4 Å². The van der Waals surface area contributed by atoms with E-state index < -0.39 is 0 Å². The Hall–Kier alpha value is -0.820. The van der Waals surface area contributed by atoms with Crippen molar-refractivity contribution in [2.75, 3.05) is 6.54 Å². The second kappa shape index (κ2) is 9.25. The fraction of sp³-hybridized carbons (Fsp3) is 0.700. The van der Waals surface area contributed by atoms with Crippen molar-refractivity contribution in [1.29, 1.82) is 0 Å². The summed E-state index contributed by atoms with van der Waals surface area (Å²) in [7, 11) is 0. The van der Waals surface area contributed by atoms with E-state index in [1.807, 2.05) is 0 Å². The van der Waals surface area contributed by atoms with Crippen molar-refractivity contribution in [3.8, 4) is 0 Å². The number of rotatable bonds is 8. The van der Waals surface area contributed by atoms with Gasteiger partial charge in [-0.3, -0.25) is 0 Å². The number of benzene rings is 1. The van der Waals surface area contributed by atoms with E-state index in [1.165, 1.54) is 63.4 Å². The predicted octanol–water partition coefficient (Wildman–Crippen LogP) is 5.45. The molecule has 0 bridgehead atoms. The van der Waals surface area contributed by atoms with Gasteiger partial charge in [0.25, 0.3) is 0 Å². The van der Waals surface area contributed by atoms with Crippen molar-refractivity contribution in [3.63, 3.8) is 0 Å². The smallest absolute Gasteiger partial charge is 0.00103 e. The summed E-state index contributed by atoms with van der Waals surface area (Å²) in [6, 6.07) is 10.2. The monoisotopic (exact) mass is 287 g/mol. The molecular formula is C20H33N. The quantitative estimate of drug-likeness (QED) is 0.627. The Kier molecular flexibility index (Phi) is 7.29. The van der Waals surface area contributed by atoms with Gasteiger partial charge in [-0.15, -0.1) is 0 Å². The van der Waals surface area contributed by atoms with Gasteiger partial charge in [0.05, 0.1) is 0 Å². The van der Waals surface area contributed by atoms with Crippen LogP contribution in [-0.4, -0.2) is 12.6 Å². The highest BCUT2D eigenvalue weighted by Crippen LogP contribution is 2.32. The van der Waals surface area contributed by atoms with Crippen LogP contribution in [0.1, 0.15) is 82.3 Å². The molecule has 1 nitrogen and oxygen atoms in total. The fourth-order valence-electron chi connectivity index (χ4n) is 3.41. The normalized spacial score (nSPS) is 16.5. The third-order valence-electron chi connectivity index (χ3n) is 4.75. The first kappa shape index (κ1) is 16.5. The van der Waals surface area contributed by atoms with E-state index in [2.05, 4.69) is 43.4 Å². The summed E-state index contributed by atoms with van der Waals surface area (Å²) in [5, 5.41) is 3.49. The molecule has 1 saturated carbocycles. The third-order valence-corrected chi connectivity index (χ3v) is 4.75. The van der Waals surface area contributed by atoms with E-state index in [9.17, 15) is 0 Å². The molecule has 0 aliphatic heterocycles. The summed E-state index contributed by atoms with van der Waals surface area (Å²) in [6.07, 6.45) is 12.3. The van der Waals surface area contributed by atoms with Crippen molar-refractivity contribution >= 4 is 0 Å². The van der Waals surface area contributed by atoms with Crippen LogP contribution in [0.15, 0.2) is 24.3 Å². The Morgan fingerprint density at radius 1 is 0.952 bits per heavy atom. The highest BCUT2D eigenvalue weighted by atomic mass is 14.9. The maximum absolute atomic E-state index is 3.49. The van der Waals surface area contributed by atoms with Gasteiger partial charge in [0.2, 0.25) is 0 Å². The Bertz CT molecular complexity index is 373. The highest BCUT2D eigenvalue weighted by molar-refractivity contribution is 5.25. The van der Waals surface area contributed by atoms with Crippen molar-refractivity contribution in [2.24, 2.45) is 0 Å². The average Bonchev–Trinajstić information content (AvgIpc) is 2.52. The fourth-order valence-corrected chi connectivity index (χ4v) is 3.41. The Balaban J connectivity index is 1.65. The van der Waals surface area contributed by atoms with Gasteiger partial charge < -0.3 is 5.32 Å². The zero-order valence-corrected chi connectivity index (χ0v) is 14.0. The summed E-state index contributed by atoms with van der Waals surface area (Å²) < 4.78 is 0. The van der Waals surface area contributed by atoms with Crippen molar-refractivity contribution in [1.82, 2.24) is 5.32 Å². The molecule has 2 rings (SSSR count). The van der Waals surface area contributed by atoms with Crippen molar-refractivity contribution in [2.45, 2.75) is 83.6 Å². The zero-order chi connectivity index (χ0) is 14.9. The van der Waals surface area contributed by atoms with Crippen LogP contribution in [0.3, 0.4) is 0 Å². The molecule has 1 aromatic carbocycles. The van der Waals surface area contributed by atoms with Gasteiger partial charge >= 0.3 is 0 Å². The predicted molar refractivity (Wildman–Crippen MR) is 93.0 cm³/mol. The van der Waals surface area contributed by atoms with Gasteiger partial charge in [-0.2, -0.15) is 0 Å². The Morgan fingerprint density at radius 3 is 2.33 bits per heavy atom. The minimum atomic E-state index is 0.623. The van der Waals surface area contributed by atoms with Crippen LogP contribution in [0.4, 0.5) is 0 Å². The second-order valence-corrected chi connectivity index (χ2v) is 7.00. The van der Waals surface area contributed by atoms with Crippen LogP contribution < -0.4 is 5.32 Å². The van der Waals surface area contributed by atoms with Gasteiger partial charge in [-0.05, 0) is 55.7 Å². The molecule has 1 N–H and O–H groups in total. The van der Waals surface area contributed by atoms with Crippen LogP contribution in [-0.2, 0) is 6.42 Å². The van der Waals surface area contributed by atoms with E-state index in [-0.39, 0.29) is 0 Å². The van der Waals surface area contributed by atoms with Crippen LogP contribution in [0.5, 0.6) is 0 Å². The summed E-state index contributed by atoms with van der Waals surface area (Å²) in [4.78, 5) is 0. The maximum Gasteiger partial charge on any atom is 0.00103 e. The first-order valence-corrected chi connectivity index (χ1v) is 9.08. The number of aryl methyl sites for hydroxylation is 1. The van der Waals surface area contributed by atoms with Gasteiger partial charge in [-0.1, -0.05) is 63.8 Å². The van der Waals surface area contributed by atoms with Gasteiger partial charge in [-0.25, -0.2) is 0 Å². The molecule has 1 aliphatic carbocycles. The SMILES string of the molecule is CC(C)NCCCCCc1ccc(C2CCCCC2)cc1. The van der Waals surface area contributed by atoms with Gasteiger partial charge in [0.1, 0.15) is 0 Å². The minimum Gasteiger partial charge on any atom is -0.315 e.